The highest BCUT2D eigenvalue weighted by atomic mass is 127. The van der Waals surface area contributed by atoms with Crippen LogP contribution in [-0.2, 0) is 9.53 Å². The zero-order valence-electron chi connectivity index (χ0n) is 9.74. The van der Waals surface area contributed by atoms with E-state index in [9.17, 15) is 4.79 Å². The molecule has 0 aromatic carbocycles. The number of carbonyl (C=O) groups is 1. The number of allylic oxidation sites excluding steroid dienone is 2. The number of alkyl halides is 1. The lowest BCUT2D eigenvalue weighted by molar-refractivity contribution is -0.144. The normalized spacial score (nSPS) is 35.5. The number of cyclic esters (lactones) is 1. The zero-order valence-corrected chi connectivity index (χ0v) is 11.9. The number of rotatable bonds is 3. The maximum atomic E-state index is 11.8. The molecule has 0 radical (unpaired) electrons. The van der Waals surface area contributed by atoms with E-state index in [4.69, 9.17) is 4.74 Å². The Morgan fingerprint density at radius 1 is 1.47 bits per heavy atom. The maximum absolute atomic E-state index is 11.8. The van der Waals surface area contributed by atoms with Gasteiger partial charge in [-0.3, -0.25) is 4.79 Å². The molecule has 5 atom stereocenters. The molecule has 1 fully saturated rings. The van der Waals surface area contributed by atoms with Crippen LogP contribution in [0.15, 0.2) is 12.2 Å². The first-order valence-corrected chi connectivity index (χ1v) is 6.71. The second kappa shape index (κ2) is 5.32. The van der Waals surface area contributed by atoms with E-state index in [-0.39, 0.29) is 23.9 Å². The summed E-state index contributed by atoms with van der Waals surface area (Å²) in [6.07, 6.45) is 4.17. The minimum Gasteiger partial charge on any atom is -0.461 e. The molecule has 0 spiro atoms. The molecule has 0 saturated carbocycles. The fraction of sp³-hybridized carbons (Fsp3) is 0.750. The van der Waals surface area contributed by atoms with Crippen molar-refractivity contribution in [1.29, 1.82) is 0 Å². The zero-order chi connectivity index (χ0) is 11.6. The third-order valence-electron chi connectivity index (χ3n) is 3.12. The lowest BCUT2D eigenvalue weighted by Gasteiger charge is -2.20. The first-order chi connectivity index (χ1) is 6.99. The lowest BCUT2D eigenvalue weighted by atomic mass is 9.82. The summed E-state index contributed by atoms with van der Waals surface area (Å²) in [5.74, 6) is 0.596. The molecular formula is C12H19IO2. The third kappa shape index (κ3) is 2.74. The average Bonchev–Trinajstić information content (AvgIpc) is 2.42. The molecule has 0 aliphatic carbocycles. The van der Waals surface area contributed by atoms with Crippen LogP contribution in [-0.4, -0.2) is 16.0 Å². The summed E-state index contributed by atoms with van der Waals surface area (Å²) in [7, 11) is 0. The van der Waals surface area contributed by atoms with Gasteiger partial charge in [0, 0.05) is 9.84 Å². The number of halogens is 1. The minimum atomic E-state index is -0.0263. The fourth-order valence-corrected chi connectivity index (χ4v) is 3.17. The monoisotopic (exact) mass is 322 g/mol. The average molecular weight is 322 g/mol. The van der Waals surface area contributed by atoms with Gasteiger partial charge in [0.1, 0.15) is 6.10 Å². The highest BCUT2D eigenvalue weighted by molar-refractivity contribution is 14.1. The Kier molecular flexibility index (Phi) is 4.62. The SMILES string of the molecule is C/C=C/[C@@H](C)[C@@H]1C(=O)O[C@@H]([C@H](C)I)[C@H]1C. The lowest BCUT2D eigenvalue weighted by Crippen LogP contribution is -2.26. The summed E-state index contributed by atoms with van der Waals surface area (Å²) >= 11 is 2.33. The molecule has 0 unspecified atom stereocenters. The quantitative estimate of drug-likeness (QED) is 0.345. The van der Waals surface area contributed by atoms with E-state index in [1.165, 1.54) is 0 Å². The second-order valence-corrected chi connectivity index (χ2v) is 6.31. The smallest absolute Gasteiger partial charge is 0.310 e. The van der Waals surface area contributed by atoms with Gasteiger partial charge in [-0.25, -0.2) is 0 Å². The topological polar surface area (TPSA) is 26.3 Å². The predicted octanol–water partition coefficient (Wildman–Crippen LogP) is 3.20. The molecule has 0 aromatic heterocycles. The number of carbonyl (C=O) groups excluding carboxylic acids is 1. The molecular weight excluding hydrogens is 303 g/mol. The van der Waals surface area contributed by atoms with Gasteiger partial charge < -0.3 is 4.74 Å². The summed E-state index contributed by atoms with van der Waals surface area (Å²) in [6.45, 7) is 8.29. The van der Waals surface area contributed by atoms with Gasteiger partial charge in [-0.15, -0.1) is 0 Å². The van der Waals surface area contributed by atoms with Crippen molar-refractivity contribution in [2.75, 3.05) is 0 Å². The van der Waals surface area contributed by atoms with Gasteiger partial charge >= 0.3 is 5.97 Å². The molecule has 15 heavy (non-hydrogen) atoms. The number of hydrogen-bond donors (Lipinski definition) is 0. The Morgan fingerprint density at radius 3 is 2.47 bits per heavy atom. The van der Waals surface area contributed by atoms with Crippen LogP contribution in [0.25, 0.3) is 0 Å². The van der Waals surface area contributed by atoms with Gasteiger partial charge in [0.15, 0.2) is 0 Å². The summed E-state index contributed by atoms with van der Waals surface area (Å²) in [4.78, 5) is 11.8. The molecule has 3 heteroatoms. The van der Waals surface area contributed by atoms with Crippen molar-refractivity contribution in [3.63, 3.8) is 0 Å². The van der Waals surface area contributed by atoms with Crippen LogP contribution < -0.4 is 0 Å². The Hall–Kier alpha value is -0.0600. The van der Waals surface area contributed by atoms with Crippen LogP contribution in [0.2, 0.25) is 0 Å². The minimum absolute atomic E-state index is 0.0263. The van der Waals surface area contributed by atoms with E-state index in [0.29, 0.717) is 9.84 Å². The highest BCUT2D eigenvalue weighted by Crippen LogP contribution is 2.37. The third-order valence-corrected chi connectivity index (χ3v) is 3.83. The number of ether oxygens (including phenoxy) is 1. The van der Waals surface area contributed by atoms with Crippen molar-refractivity contribution in [1.82, 2.24) is 0 Å². The predicted molar refractivity (Wildman–Crippen MR) is 70.0 cm³/mol. The van der Waals surface area contributed by atoms with Crippen LogP contribution in [0, 0.1) is 17.8 Å². The molecule has 0 amide bonds. The molecule has 86 valence electrons. The summed E-state index contributed by atoms with van der Waals surface area (Å²) in [5, 5.41) is 0. The molecule has 1 aliphatic rings. The Balaban J connectivity index is 2.78. The number of hydrogen-bond acceptors (Lipinski definition) is 2. The van der Waals surface area contributed by atoms with Gasteiger partial charge in [0.25, 0.3) is 0 Å². The van der Waals surface area contributed by atoms with E-state index >= 15 is 0 Å². The molecule has 0 bridgehead atoms. The van der Waals surface area contributed by atoms with Gasteiger partial charge in [-0.2, -0.15) is 0 Å². The van der Waals surface area contributed by atoms with E-state index in [1.807, 2.05) is 13.0 Å². The largest absolute Gasteiger partial charge is 0.461 e. The van der Waals surface area contributed by atoms with Crippen LogP contribution in [0.1, 0.15) is 27.7 Å². The molecule has 1 heterocycles. The van der Waals surface area contributed by atoms with Crippen LogP contribution in [0.3, 0.4) is 0 Å². The van der Waals surface area contributed by atoms with E-state index < -0.39 is 0 Å². The Morgan fingerprint density at radius 2 is 2.07 bits per heavy atom. The second-order valence-electron chi connectivity index (χ2n) is 4.35. The van der Waals surface area contributed by atoms with Crippen molar-refractivity contribution in [2.24, 2.45) is 17.8 Å². The van der Waals surface area contributed by atoms with Crippen molar-refractivity contribution < 1.29 is 9.53 Å². The van der Waals surface area contributed by atoms with E-state index in [1.54, 1.807) is 0 Å². The first kappa shape index (κ1) is 13.0. The van der Waals surface area contributed by atoms with Crippen molar-refractivity contribution in [3.8, 4) is 0 Å². The highest BCUT2D eigenvalue weighted by Gasteiger charge is 2.45. The van der Waals surface area contributed by atoms with Crippen molar-refractivity contribution in [3.05, 3.63) is 12.2 Å². The summed E-state index contributed by atoms with van der Waals surface area (Å²) in [6, 6.07) is 0. The van der Waals surface area contributed by atoms with E-state index in [0.717, 1.165) is 0 Å². The van der Waals surface area contributed by atoms with Gasteiger partial charge in [0.2, 0.25) is 0 Å². The van der Waals surface area contributed by atoms with Gasteiger partial charge in [-0.05, 0) is 19.8 Å². The van der Waals surface area contributed by atoms with Crippen LogP contribution in [0.5, 0.6) is 0 Å². The molecule has 0 N–H and O–H groups in total. The molecule has 1 saturated heterocycles. The number of esters is 1. The van der Waals surface area contributed by atoms with Crippen LogP contribution in [0.4, 0.5) is 0 Å². The Bertz CT molecular complexity index is 260. The molecule has 2 nitrogen and oxygen atoms in total. The maximum Gasteiger partial charge on any atom is 0.310 e. The standard InChI is InChI=1S/C12H19IO2/c1-5-6-7(2)10-8(3)11(9(4)13)15-12(10)14/h5-11H,1-4H3/b6-5+/t7-,8+,9+,10+,11-/m1/s1. The fourth-order valence-electron chi connectivity index (χ4n) is 2.37. The van der Waals surface area contributed by atoms with Gasteiger partial charge in [0.05, 0.1) is 5.92 Å². The Labute approximate surface area is 106 Å². The molecule has 1 rings (SSSR count). The molecule has 1 aliphatic heterocycles. The van der Waals surface area contributed by atoms with Crippen molar-refractivity contribution >= 4 is 28.6 Å². The summed E-state index contributed by atoms with van der Waals surface area (Å²) < 4.78 is 5.81. The first-order valence-electron chi connectivity index (χ1n) is 5.46. The van der Waals surface area contributed by atoms with E-state index in [2.05, 4.69) is 49.4 Å². The summed E-state index contributed by atoms with van der Waals surface area (Å²) in [5.41, 5.74) is 0. The molecule has 0 aromatic rings. The van der Waals surface area contributed by atoms with Gasteiger partial charge in [-0.1, -0.05) is 48.6 Å². The van der Waals surface area contributed by atoms with Crippen LogP contribution >= 0.6 is 22.6 Å². The van der Waals surface area contributed by atoms with Crippen molar-refractivity contribution in [2.45, 2.75) is 37.7 Å².